The number of hydrogen-bond donors (Lipinski definition) is 1. The highest BCUT2D eigenvalue weighted by atomic mass is 32.2. The van der Waals surface area contributed by atoms with Crippen molar-refractivity contribution >= 4 is 17.5 Å². The molecule has 3 heteroatoms. The number of Topliss-reactive ketones (excluding diaryl/α,β-unsaturated/α-hetero) is 1. The van der Waals surface area contributed by atoms with Crippen LogP contribution in [0.5, 0.6) is 0 Å². The first-order chi connectivity index (χ1) is 4.84. The van der Waals surface area contributed by atoms with Crippen LogP contribution in [0.2, 0.25) is 0 Å². The summed E-state index contributed by atoms with van der Waals surface area (Å²) in [6.45, 7) is -0.269. The van der Waals surface area contributed by atoms with Gasteiger partial charge in [0.25, 0.3) is 0 Å². The number of hydrogen-bond acceptors (Lipinski definition) is 3. The van der Waals surface area contributed by atoms with Gasteiger partial charge in [-0.05, 0) is 24.3 Å². The van der Waals surface area contributed by atoms with Crippen LogP contribution in [-0.4, -0.2) is 29.0 Å². The van der Waals surface area contributed by atoms with E-state index in [2.05, 4.69) is 0 Å². The lowest BCUT2D eigenvalue weighted by molar-refractivity contribution is -0.125. The van der Waals surface area contributed by atoms with E-state index in [0.29, 0.717) is 0 Å². The van der Waals surface area contributed by atoms with Crippen LogP contribution in [0.15, 0.2) is 0 Å². The highest BCUT2D eigenvalue weighted by Crippen LogP contribution is 2.22. The van der Waals surface area contributed by atoms with Gasteiger partial charge < -0.3 is 5.11 Å². The molecule has 0 saturated carbocycles. The third kappa shape index (κ3) is 1.99. The summed E-state index contributed by atoms with van der Waals surface area (Å²) in [6.07, 6.45) is 1.92. The van der Waals surface area contributed by atoms with Crippen molar-refractivity contribution in [3.05, 3.63) is 0 Å². The highest BCUT2D eigenvalue weighted by molar-refractivity contribution is 7.99. The van der Waals surface area contributed by atoms with Crippen LogP contribution in [0.3, 0.4) is 0 Å². The van der Waals surface area contributed by atoms with E-state index < -0.39 is 0 Å². The Bertz CT molecular complexity index is 119. The number of carbonyl (C=O) groups excluding carboxylic acids is 1. The minimum atomic E-state index is -0.269. The smallest absolute Gasteiger partial charge is 0.161 e. The Morgan fingerprint density at radius 3 is 2.60 bits per heavy atom. The van der Waals surface area contributed by atoms with E-state index in [1.807, 2.05) is 11.8 Å². The van der Waals surface area contributed by atoms with Gasteiger partial charge in [-0.1, -0.05) is 0 Å². The van der Waals surface area contributed by atoms with Crippen LogP contribution in [0, 0.1) is 5.92 Å². The van der Waals surface area contributed by atoms with E-state index >= 15 is 0 Å². The second kappa shape index (κ2) is 3.98. The first kappa shape index (κ1) is 8.08. The molecule has 0 bridgehead atoms. The molecule has 1 heterocycles. The molecule has 1 N–H and O–H groups in total. The highest BCUT2D eigenvalue weighted by Gasteiger charge is 2.19. The summed E-state index contributed by atoms with van der Waals surface area (Å²) in [7, 11) is 0. The Hall–Kier alpha value is -0.0200. The van der Waals surface area contributed by atoms with Crippen molar-refractivity contribution in [2.24, 2.45) is 5.92 Å². The van der Waals surface area contributed by atoms with Crippen molar-refractivity contribution in [3.8, 4) is 0 Å². The average molecular weight is 160 g/mol. The largest absolute Gasteiger partial charge is 0.389 e. The van der Waals surface area contributed by atoms with Crippen molar-refractivity contribution in [3.63, 3.8) is 0 Å². The topological polar surface area (TPSA) is 37.3 Å². The van der Waals surface area contributed by atoms with E-state index in [-0.39, 0.29) is 18.3 Å². The summed E-state index contributed by atoms with van der Waals surface area (Å²) >= 11 is 1.89. The van der Waals surface area contributed by atoms with Crippen molar-refractivity contribution in [1.82, 2.24) is 0 Å². The van der Waals surface area contributed by atoms with Crippen LogP contribution < -0.4 is 0 Å². The Morgan fingerprint density at radius 1 is 1.50 bits per heavy atom. The predicted octanol–water partition coefficient (Wildman–Crippen LogP) is 0.691. The standard InChI is InChI=1S/C7H12O2S/c8-5-7(9)6-1-3-10-4-2-6/h6,8H,1-5H2. The third-order valence-electron chi connectivity index (χ3n) is 1.83. The van der Waals surface area contributed by atoms with Gasteiger partial charge in [0.2, 0.25) is 0 Å². The quantitative estimate of drug-likeness (QED) is 0.646. The molecular weight excluding hydrogens is 148 g/mol. The molecule has 0 radical (unpaired) electrons. The molecule has 0 aromatic rings. The molecule has 1 aliphatic heterocycles. The molecular formula is C7H12O2S. The summed E-state index contributed by atoms with van der Waals surface area (Å²) in [5.74, 6) is 2.35. The minimum Gasteiger partial charge on any atom is -0.389 e. The van der Waals surface area contributed by atoms with Gasteiger partial charge >= 0.3 is 0 Å². The molecule has 1 fully saturated rings. The van der Waals surface area contributed by atoms with Gasteiger partial charge in [-0.3, -0.25) is 4.79 Å². The Kier molecular flexibility index (Phi) is 3.22. The van der Waals surface area contributed by atoms with E-state index in [1.54, 1.807) is 0 Å². The van der Waals surface area contributed by atoms with Crippen LogP contribution in [0.25, 0.3) is 0 Å². The summed E-state index contributed by atoms with van der Waals surface area (Å²) in [5.41, 5.74) is 0. The zero-order chi connectivity index (χ0) is 7.40. The van der Waals surface area contributed by atoms with Crippen molar-refractivity contribution < 1.29 is 9.90 Å². The van der Waals surface area contributed by atoms with Gasteiger partial charge in [0.1, 0.15) is 6.61 Å². The lowest BCUT2D eigenvalue weighted by Gasteiger charge is -2.18. The Labute approximate surface area is 65.0 Å². The van der Waals surface area contributed by atoms with Gasteiger partial charge in [0, 0.05) is 5.92 Å². The maximum atomic E-state index is 10.9. The fourth-order valence-electron chi connectivity index (χ4n) is 1.15. The molecule has 0 spiro atoms. The maximum Gasteiger partial charge on any atom is 0.161 e. The van der Waals surface area contributed by atoms with Crippen molar-refractivity contribution in [2.45, 2.75) is 12.8 Å². The zero-order valence-electron chi connectivity index (χ0n) is 5.88. The van der Waals surface area contributed by atoms with Crippen molar-refractivity contribution in [2.75, 3.05) is 18.1 Å². The van der Waals surface area contributed by atoms with Crippen molar-refractivity contribution in [1.29, 1.82) is 0 Å². The van der Waals surface area contributed by atoms with Gasteiger partial charge in [-0.25, -0.2) is 0 Å². The van der Waals surface area contributed by atoms with E-state index in [4.69, 9.17) is 5.11 Å². The second-order valence-corrected chi connectivity index (χ2v) is 3.74. The monoisotopic (exact) mass is 160 g/mol. The molecule has 58 valence electrons. The summed E-state index contributed by atoms with van der Waals surface area (Å²) in [6, 6.07) is 0. The maximum absolute atomic E-state index is 10.9. The molecule has 0 aromatic heterocycles. The van der Waals surface area contributed by atoms with Gasteiger partial charge in [0.15, 0.2) is 5.78 Å². The molecule has 0 atom stereocenters. The molecule has 10 heavy (non-hydrogen) atoms. The normalized spacial score (nSPS) is 20.9. The van der Waals surface area contributed by atoms with E-state index in [9.17, 15) is 4.79 Å². The summed E-state index contributed by atoms with van der Waals surface area (Å²) < 4.78 is 0. The molecule has 0 aliphatic carbocycles. The SMILES string of the molecule is O=C(CO)C1CCSCC1. The zero-order valence-corrected chi connectivity index (χ0v) is 6.69. The Balaban J connectivity index is 2.31. The first-order valence-electron chi connectivity index (χ1n) is 3.56. The molecule has 0 aromatic carbocycles. The summed E-state index contributed by atoms with van der Waals surface area (Å²) in [4.78, 5) is 10.9. The average Bonchev–Trinajstić information content (AvgIpc) is 2.05. The van der Waals surface area contributed by atoms with Gasteiger partial charge in [-0.15, -0.1) is 0 Å². The number of carbonyl (C=O) groups is 1. The number of rotatable bonds is 2. The molecule has 2 nitrogen and oxygen atoms in total. The minimum absolute atomic E-state index is 0.0281. The lowest BCUT2D eigenvalue weighted by Crippen LogP contribution is -2.22. The van der Waals surface area contributed by atoms with Crippen LogP contribution in [-0.2, 0) is 4.79 Å². The number of thioether (sulfide) groups is 1. The van der Waals surface area contributed by atoms with Crippen LogP contribution in [0.1, 0.15) is 12.8 Å². The van der Waals surface area contributed by atoms with Gasteiger partial charge in [-0.2, -0.15) is 11.8 Å². The molecule has 1 aliphatic rings. The van der Waals surface area contributed by atoms with Gasteiger partial charge in [0.05, 0.1) is 0 Å². The van der Waals surface area contributed by atoms with Crippen LogP contribution >= 0.6 is 11.8 Å². The molecule has 0 unspecified atom stereocenters. The molecule has 0 amide bonds. The van der Waals surface area contributed by atoms with E-state index in [1.165, 1.54) is 0 Å². The molecule has 1 rings (SSSR count). The lowest BCUT2D eigenvalue weighted by atomic mass is 9.98. The van der Waals surface area contributed by atoms with E-state index in [0.717, 1.165) is 24.3 Å². The molecule has 1 saturated heterocycles. The Morgan fingerprint density at radius 2 is 2.10 bits per heavy atom. The van der Waals surface area contributed by atoms with Crippen LogP contribution in [0.4, 0.5) is 0 Å². The second-order valence-electron chi connectivity index (χ2n) is 2.51. The number of aliphatic hydroxyl groups excluding tert-OH is 1. The number of aliphatic hydroxyl groups is 1. The summed E-state index contributed by atoms with van der Waals surface area (Å²) in [5, 5.41) is 8.53. The number of ketones is 1. The fraction of sp³-hybridized carbons (Fsp3) is 0.857. The predicted molar refractivity (Wildman–Crippen MR) is 42.1 cm³/mol. The first-order valence-corrected chi connectivity index (χ1v) is 4.71. The third-order valence-corrected chi connectivity index (χ3v) is 2.88. The fourth-order valence-corrected chi connectivity index (χ4v) is 2.26.